The van der Waals surface area contributed by atoms with Crippen LogP contribution in [0, 0.1) is 25.2 Å². The van der Waals surface area contributed by atoms with Gasteiger partial charge in [-0.05, 0) is 50.3 Å². The highest BCUT2D eigenvalue weighted by Gasteiger charge is 2.36. The number of nitriles is 1. The van der Waals surface area contributed by atoms with Crippen molar-refractivity contribution in [3.63, 3.8) is 0 Å². The van der Waals surface area contributed by atoms with Crippen molar-refractivity contribution in [2.45, 2.75) is 72.1 Å². The molecule has 1 aliphatic heterocycles. The number of pyridine rings is 1. The summed E-state index contributed by atoms with van der Waals surface area (Å²) in [6, 6.07) is 11.6. The van der Waals surface area contributed by atoms with E-state index in [1.165, 1.54) is 16.7 Å². The highest BCUT2D eigenvalue weighted by Crippen LogP contribution is 2.34. The van der Waals surface area contributed by atoms with E-state index in [4.69, 9.17) is 10.4 Å². The lowest BCUT2D eigenvalue weighted by atomic mass is 9.95. The van der Waals surface area contributed by atoms with Crippen molar-refractivity contribution in [3.8, 4) is 6.07 Å². The standard InChI is InChI=1S/C27H36N6O/c1-7-22-16-33(24-14-26(34)30(6)25-17-31(12-11-28)29-27(24)25)23(8-2)15-32(22)20(5)21-10-9-18(3)19(4)13-21/h9-10,13-14,17,20,22-23H,7-8,12,15-16H2,1-6H3/t20?,22-,23+/m1/s1. The molecule has 1 aliphatic rings. The molecule has 0 saturated carbocycles. The molecular weight excluding hydrogens is 424 g/mol. The van der Waals surface area contributed by atoms with E-state index in [-0.39, 0.29) is 18.1 Å². The van der Waals surface area contributed by atoms with Crippen molar-refractivity contribution in [1.82, 2.24) is 19.2 Å². The fourth-order valence-electron chi connectivity index (χ4n) is 5.28. The number of hydrogen-bond donors (Lipinski definition) is 0. The zero-order chi connectivity index (χ0) is 24.6. The average Bonchev–Trinajstić information content (AvgIpc) is 3.26. The van der Waals surface area contributed by atoms with Gasteiger partial charge in [0.2, 0.25) is 0 Å². The summed E-state index contributed by atoms with van der Waals surface area (Å²) in [5, 5.41) is 13.8. The molecule has 0 aliphatic carbocycles. The molecule has 0 radical (unpaired) electrons. The molecule has 180 valence electrons. The molecule has 3 heterocycles. The van der Waals surface area contributed by atoms with E-state index < -0.39 is 0 Å². The van der Waals surface area contributed by atoms with Crippen molar-refractivity contribution in [2.75, 3.05) is 18.0 Å². The lowest BCUT2D eigenvalue weighted by Gasteiger charge is -2.49. The maximum atomic E-state index is 12.9. The maximum absolute atomic E-state index is 12.9. The molecule has 3 aromatic rings. The Hall–Kier alpha value is -3.11. The predicted molar refractivity (Wildman–Crippen MR) is 137 cm³/mol. The zero-order valence-corrected chi connectivity index (χ0v) is 21.2. The van der Waals surface area contributed by atoms with E-state index in [9.17, 15) is 4.79 Å². The third-order valence-electron chi connectivity index (χ3n) is 7.67. The SMILES string of the molecule is CC[C@H]1CN(C(C)c2ccc(C)c(C)c2)[C@H](CC)CN1c1cc(=O)n(C)c2cn(CC#N)nc12. The van der Waals surface area contributed by atoms with Crippen LogP contribution < -0.4 is 10.5 Å². The highest BCUT2D eigenvalue weighted by atomic mass is 16.1. The third-order valence-corrected chi connectivity index (χ3v) is 7.67. The van der Waals surface area contributed by atoms with Gasteiger partial charge in [-0.15, -0.1) is 0 Å². The quantitative estimate of drug-likeness (QED) is 0.548. The molecule has 3 atom stereocenters. The van der Waals surface area contributed by atoms with Crippen LogP contribution in [0.15, 0.2) is 35.3 Å². The molecule has 1 fully saturated rings. The van der Waals surface area contributed by atoms with Gasteiger partial charge in [-0.25, -0.2) is 0 Å². The Morgan fingerprint density at radius 3 is 2.50 bits per heavy atom. The number of piperazine rings is 1. The number of aryl methyl sites for hydroxylation is 3. The Labute approximate surface area is 202 Å². The Bertz CT molecular complexity index is 1280. The second kappa shape index (κ2) is 9.63. The van der Waals surface area contributed by atoms with E-state index in [1.807, 2.05) is 0 Å². The van der Waals surface area contributed by atoms with Gasteiger partial charge >= 0.3 is 0 Å². The lowest BCUT2D eigenvalue weighted by Crippen LogP contribution is -2.58. The summed E-state index contributed by atoms with van der Waals surface area (Å²) in [6.07, 6.45) is 3.81. The van der Waals surface area contributed by atoms with Gasteiger partial charge in [0.15, 0.2) is 0 Å². The summed E-state index contributed by atoms with van der Waals surface area (Å²) in [7, 11) is 1.77. The summed E-state index contributed by atoms with van der Waals surface area (Å²) in [4.78, 5) is 17.9. The molecule has 0 spiro atoms. The number of fused-ring (bicyclic) bond motifs is 1. The van der Waals surface area contributed by atoms with Crippen LogP contribution >= 0.6 is 0 Å². The highest BCUT2D eigenvalue weighted by molar-refractivity contribution is 5.88. The second-order valence-electron chi connectivity index (χ2n) is 9.64. The van der Waals surface area contributed by atoms with Crippen molar-refractivity contribution in [2.24, 2.45) is 7.05 Å². The fourth-order valence-corrected chi connectivity index (χ4v) is 5.28. The van der Waals surface area contributed by atoms with Crippen molar-refractivity contribution in [1.29, 1.82) is 5.26 Å². The van der Waals surface area contributed by atoms with Crippen molar-refractivity contribution in [3.05, 3.63) is 57.5 Å². The number of aromatic nitrogens is 3. The molecular formula is C27H36N6O. The largest absolute Gasteiger partial charge is 0.364 e. The van der Waals surface area contributed by atoms with Gasteiger partial charge in [0, 0.05) is 44.3 Å². The van der Waals surface area contributed by atoms with Crippen molar-refractivity contribution < 1.29 is 0 Å². The number of anilines is 1. The molecule has 2 aromatic heterocycles. The van der Waals surface area contributed by atoms with Gasteiger partial charge in [0.1, 0.15) is 12.1 Å². The van der Waals surface area contributed by atoms with E-state index in [0.717, 1.165) is 42.7 Å². The molecule has 1 aromatic carbocycles. The molecule has 7 heteroatoms. The van der Waals surface area contributed by atoms with E-state index in [2.05, 4.69) is 68.7 Å². The van der Waals surface area contributed by atoms with Gasteiger partial charge in [0.25, 0.3) is 5.56 Å². The van der Waals surface area contributed by atoms with E-state index >= 15 is 0 Å². The molecule has 0 N–H and O–H groups in total. The first kappa shape index (κ1) is 24.0. The summed E-state index contributed by atoms with van der Waals surface area (Å²) in [5.74, 6) is 0. The molecule has 1 unspecified atom stereocenters. The normalized spacial score (nSPS) is 20.0. The smallest absolute Gasteiger partial charge is 0.252 e. The molecule has 7 nitrogen and oxygen atoms in total. The number of benzene rings is 1. The van der Waals surface area contributed by atoms with Gasteiger partial charge in [-0.2, -0.15) is 10.4 Å². The first-order chi connectivity index (χ1) is 16.3. The van der Waals surface area contributed by atoms with Crippen LogP contribution in [0.1, 0.15) is 56.3 Å². The summed E-state index contributed by atoms with van der Waals surface area (Å²) >= 11 is 0. The van der Waals surface area contributed by atoms with Crippen LogP contribution in [0.4, 0.5) is 5.69 Å². The van der Waals surface area contributed by atoms with Crippen LogP contribution in [0.25, 0.3) is 11.0 Å². The van der Waals surface area contributed by atoms with E-state index in [1.54, 1.807) is 28.6 Å². The van der Waals surface area contributed by atoms with Gasteiger partial charge in [0.05, 0.1) is 23.5 Å². The van der Waals surface area contributed by atoms with Gasteiger partial charge < -0.3 is 9.47 Å². The number of nitrogens with zero attached hydrogens (tertiary/aromatic N) is 6. The van der Waals surface area contributed by atoms with Gasteiger partial charge in [-0.3, -0.25) is 14.4 Å². The summed E-state index contributed by atoms with van der Waals surface area (Å²) in [6.45, 7) is 13.1. The maximum Gasteiger partial charge on any atom is 0.252 e. The minimum atomic E-state index is -0.0483. The second-order valence-corrected chi connectivity index (χ2v) is 9.64. The molecule has 34 heavy (non-hydrogen) atoms. The molecule has 1 saturated heterocycles. The monoisotopic (exact) mass is 460 g/mol. The minimum absolute atomic E-state index is 0.0483. The summed E-state index contributed by atoms with van der Waals surface area (Å²) < 4.78 is 3.25. The summed E-state index contributed by atoms with van der Waals surface area (Å²) in [5.41, 5.74) is 6.42. The Balaban J connectivity index is 1.72. The zero-order valence-electron chi connectivity index (χ0n) is 21.2. The fraction of sp³-hybridized carbons (Fsp3) is 0.519. The van der Waals surface area contributed by atoms with Crippen LogP contribution in [0.3, 0.4) is 0 Å². The Morgan fingerprint density at radius 1 is 1.12 bits per heavy atom. The van der Waals surface area contributed by atoms with E-state index in [0.29, 0.717) is 12.1 Å². The molecule has 0 amide bonds. The average molecular weight is 461 g/mol. The van der Waals surface area contributed by atoms with Crippen LogP contribution in [-0.2, 0) is 13.6 Å². The van der Waals surface area contributed by atoms with Crippen LogP contribution in [0.2, 0.25) is 0 Å². The minimum Gasteiger partial charge on any atom is -0.364 e. The van der Waals surface area contributed by atoms with Gasteiger partial charge in [-0.1, -0.05) is 32.0 Å². The molecule has 4 rings (SSSR count). The van der Waals surface area contributed by atoms with Crippen molar-refractivity contribution >= 4 is 16.7 Å². The third kappa shape index (κ3) is 4.23. The predicted octanol–water partition coefficient (Wildman–Crippen LogP) is 4.32. The number of rotatable bonds is 6. The molecule has 0 bridgehead atoms. The topological polar surface area (TPSA) is 70.1 Å². The Kier molecular flexibility index (Phi) is 6.81. The van der Waals surface area contributed by atoms with Crippen LogP contribution in [0.5, 0.6) is 0 Å². The first-order valence-corrected chi connectivity index (χ1v) is 12.3. The lowest BCUT2D eigenvalue weighted by molar-refractivity contribution is 0.101. The Morgan fingerprint density at radius 2 is 1.85 bits per heavy atom. The van der Waals surface area contributed by atoms with Crippen LogP contribution in [-0.4, -0.2) is 44.4 Å². The number of hydrogen-bond acceptors (Lipinski definition) is 5. The first-order valence-electron chi connectivity index (χ1n) is 12.3.